The van der Waals surface area contributed by atoms with Crippen molar-refractivity contribution in [1.29, 1.82) is 0 Å². The molecule has 4 nitrogen and oxygen atoms in total. The maximum Gasteiger partial charge on any atom is 0.355 e. The summed E-state index contributed by atoms with van der Waals surface area (Å²) in [5.41, 5.74) is 0.166. The van der Waals surface area contributed by atoms with Crippen molar-refractivity contribution in [3.8, 4) is 0 Å². The van der Waals surface area contributed by atoms with Crippen LogP contribution in [0.4, 0.5) is 5.13 Å². The van der Waals surface area contributed by atoms with Crippen molar-refractivity contribution in [2.45, 2.75) is 40.0 Å². The Morgan fingerprint density at radius 3 is 2.71 bits per heavy atom. The van der Waals surface area contributed by atoms with Crippen LogP contribution in [-0.2, 0) is 0 Å². The average Bonchev–Trinajstić information content (AvgIpc) is 2.59. The van der Waals surface area contributed by atoms with Crippen LogP contribution in [0.2, 0.25) is 0 Å². The Balaban J connectivity index is 2.32. The molecule has 0 radical (unpaired) electrons. The third-order valence-electron chi connectivity index (χ3n) is 2.48. The van der Waals surface area contributed by atoms with E-state index in [1.54, 1.807) is 6.92 Å². The summed E-state index contributed by atoms with van der Waals surface area (Å²) in [5.74, 6) is -0.206. The molecule has 1 rings (SSSR count). The summed E-state index contributed by atoms with van der Waals surface area (Å²) in [6, 6.07) is 0. The highest BCUT2D eigenvalue weighted by molar-refractivity contribution is 7.15. The van der Waals surface area contributed by atoms with Gasteiger partial charge in [0.15, 0.2) is 10.8 Å². The number of thiazole rings is 1. The first-order valence-electron chi connectivity index (χ1n) is 5.95. The number of hydrogen-bond acceptors (Lipinski definition) is 4. The Morgan fingerprint density at radius 2 is 2.18 bits per heavy atom. The quantitative estimate of drug-likeness (QED) is 0.734. The molecule has 0 aliphatic carbocycles. The smallest absolute Gasteiger partial charge is 0.355 e. The van der Waals surface area contributed by atoms with Gasteiger partial charge in [-0.05, 0) is 19.3 Å². The van der Waals surface area contributed by atoms with Crippen molar-refractivity contribution in [2.75, 3.05) is 11.9 Å². The first-order valence-corrected chi connectivity index (χ1v) is 6.77. The maximum absolute atomic E-state index is 10.8. The molecular formula is C12H20N2O2S. The lowest BCUT2D eigenvalue weighted by Crippen LogP contribution is -2.03. The lowest BCUT2D eigenvalue weighted by Gasteiger charge is -2.04. The Bertz CT molecular complexity index is 375. The fourth-order valence-electron chi connectivity index (χ4n) is 1.54. The third-order valence-corrected chi connectivity index (χ3v) is 3.41. The zero-order valence-electron chi connectivity index (χ0n) is 10.6. The van der Waals surface area contributed by atoms with Gasteiger partial charge in [0, 0.05) is 11.4 Å². The molecule has 0 aliphatic rings. The van der Waals surface area contributed by atoms with E-state index in [0.717, 1.165) is 23.8 Å². The number of aromatic nitrogens is 1. The van der Waals surface area contributed by atoms with E-state index in [0.29, 0.717) is 5.13 Å². The third kappa shape index (κ3) is 4.73. The van der Waals surface area contributed by atoms with Crippen LogP contribution in [0.15, 0.2) is 0 Å². The van der Waals surface area contributed by atoms with Crippen LogP contribution in [0.3, 0.4) is 0 Å². The Kier molecular flexibility index (Phi) is 5.41. The van der Waals surface area contributed by atoms with Gasteiger partial charge < -0.3 is 10.4 Å². The number of aromatic carboxylic acids is 1. The molecule has 1 aromatic heterocycles. The van der Waals surface area contributed by atoms with Gasteiger partial charge in [-0.3, -0.25) is 0 Å². The van der Waals surface area contributed by atoms with E-state index in [1.165, 1.54) is 24.2 Å². The normalized spacial score (nSPS) is 10.8. The summed E-state index contributed by atoms with van der Waals surface area (Å²) in [5, 5.41) is 12.8. The second kappa shape index (κ2) is 6.59. The van der Waals surface area contributed by atoms with Crippen molar-refractivity contribution in [1.82, 2.24) is 4.98 Å². The van der Waals surface area contributed by atoms with Crippen molar-refractivity contribution < 1.29 is 9.90 Å². The van der Waals surface area contributed by atoms with E-state index >= 15 is 0 Å². The second-order valence-electron chi connectivity index (χ2n) is 4.55. The Labute approximate surface area is 106 Å². The SMILES string of the molecule is Cc1sc(NCCCCC(C)C)nc1C(=O)O. The standard InChI is InChI=1S/C12H20N2O2S/c1-8(2)6-4-5-7-13-12-14-10(11(15)16)9(3)17-12/h8H,4-7H2,1-3H3,(H,13,14)(H,15,16). The molecule has 96 valence electrons. The highest BCUT2D eigenvalue weighted by Crippen LogP contribution is 2.22. The van der Waals surface area contributed by atoms with Crippen LogP contribution in [0.25, 0.3) is 0 Å². The molecule has 0 fully saturated rings. The number of carboxylic acid groups (broad SMARTS) is 1. The molecule has 0 saturated heterocycles. The summed E-state index contributed by atoms with van der Waals surface area (Å²) < 4.78 is 0. The molecule has 0 bridgehead atoms. The van der Waals surface area contributed by atoms with E-state index in [2.05, 4.69) is 24.1 Å². The summed E-state index contributed by atoms with van der Waals surface area (Å²) >= 11 is 1.40. The van der Waals surface area contributed by atoms with Gasteiger partial charge in [-0.15, -0.1) is 11.3 Å². The van der Waals surface area contributed by atoms with E-state index < -0.39 is 5.97 Å². The van der Waals surface area contributed by atoms with Crippen molar-refractivity contribution >= 4 is 22.4 Å². The molecule has 1 aromatic rings. The predicted octanol–water partition coefficient (Wildman–Crippen LogP) is 3.39. The number of anilines is 1. The molecule has 17 heavy (non-hydrogen) atoms. The Morgan fingerprint density at radius 1 is 1.47 bits per heavy atom. The van der Waals surface area contributed by atoms with Crippen molar-refractivity contribution in [3.05, 3.63) is 10.6 Å². The van der Waals surface area contributed by atoms with Gasteiger partial charge in [-0.25, -0.2) is 9.78 Å². The molecule has 1 heterocycles. The molecule has 5 heteroatoms. The van der Waals surface area contributed by atoms with Crippen LogP contribution in [-0.4, -0.2) is 22.6 Å². The van der Waals surface area contributed by atoms with E-state index in [9.17, 15) is 4.79 Å². The van der Waals surface area contributed by atoms with Gasteiger partial charge in [-0.2, -0.15) is 0 Å². The van der Waals surface area contributed by atoms with Gasteiger partial charge in [-0.1, -0.05) is 26.7 Å². The fourth-order valence-corrected chi connectivity index (χ4v) is 2.37. The lowest BCUT2D eigenvalue weighted by atomic mass is 10.1. The van der Waals surface area contributed by atoms with Gasteiger partial charge in [0.25, 0.3) is 0 Å². The minimum absolute atomic E-state index is 0.166. The summed E-state index contributed by atoms with van der Waals surface area (Å²) in [4.78, 5) is 15.6. The van der Waals surface area contributed by atoms with Gasteiger partial charge in [0.05, 0.1) is 0 Å². The van der Waals surface area contributed by atoms with Crippen LogP contribution < -0.4 is 5.32 Å². The molecule has 0 aromatic carbocycles. The first-order chi connectivity index (χ1) is 8.00. The lowest BCUT2D eigenvalue weighted by molar-refractivity contribution is 0.0690. The molecule has 0 spiro atoms. The molecule has 0 aliphatic heterocycles. The van der Waals surface area contributed by atoms with Gasteiger partial charge in [0.1, 0.15) is 0 Å². The molecule has 2 N–H and O–H groups in total. The fraction of sp³-hybridized carbons (Fsp3) is 0.667. The monoisotopic (exact) mass is 256 g/mol. The number of nitrogens with one attached hydrogen (secondary N) is 1. The molecule has 0 unspecified atom stereocenters. The zero-order chi connectivity index (χ0) is 12.8. The van der Waals surface area contributed by atoms with Gasteiger partial charge >= 0.3 is 5.97 Å². The number of carbonyl (C=O) groups is 1. The highest BCUT2D eigenvalue weighted by Gasteiger charge is 2.13. The summed E-state index contributed by atoms with van der Waals surface area (Å²) in [6.45, 7) is 7.08. The van der Waals surface area contributed by atoms with Gasteiger partial charge in [0.2, 0.25) is 0 Å². The first kappa shape index (κ1) is 14.0. The minimum atomic E-state index is -0.952. The second-order valence-corrected chi connectivity index (χ2v) is 5.75. The largest absolute Gasteiger partial charge is 0.476 e. The van der Waals surface area contributed by atoms with Crippen LogP contribution in [0, 0.1) is 12.8 Å². The number of rotatable bonds is 7. The molecular weight excluding hydrogens is 236 g/mol. The van der Waals surface area contributed by atoms with E-state index in [4.69, 9.17) is 5.11 Å². The predicted molar refractivity (Wildman–Crippen MR) is 71.0 cm³/mol. The zero-order valence-corrected chi connectivity index (χ0v) is 11.4. The number of aryl methyl sites for hydroxylation is 1. The minimum Gasteiger partial charge on any atom is -0.476 e. The number of carboxylic acids is 1. The van der Waals surface area contributed by atoms with Crippen molar-refractivity contribution in [2.24, 2.45) is 5.92 Å². The van der Waals surface area contributed by atoms with E-state index in [1.807, 2.05) is 0 Å². The average molecular weight is 256 g/mol. The van der Waals surface area contributed by atoms with Crippen LogP contribution in [0.5, 0.6) is 0 Å². The van der Waals surface area contributed by atoms with E-state index in [-0.39, 0.29) is 5.69 Å². The number of unbranched alkanes of at least 4 members (excludes halogenated alkanes) is 1. The van der Waals surface area contributed by atoms with Crippen LogP contribution in [0.1, 0.15) is 48.5 Å². The number of nitrogens with zero attached hydrogens (tertiary/aromatic N) is 1. The van der Waals surface area contributed by atoms with Crippen LogP contribution >= 0.6 is 11.3 Å². The summed E-state index contributed by atoms with van der Waals surface area (Å²) in [7, 11) is 0. The number of hydrogen-bond donors (Lipinski definition) is 2. The molecule has 0 amide bonds. The Hall–Kier alpha value is -1.10. The van der Waals surface area contributed by atoms with Crippen molar-refractivity contribution in [3.63, 3.8) is 0 Å². The molecule has 0 atom stereocenters. The molecule has 0 saturated carbocycles. The highest BCUT2D eigenvalue weighted by atomic mass is 32.1. The topological polar surface area (TPSA) is 62.2 Å². The summed E-state index contributed by atoms with van der Waals surface area (Å²) in [6.07, 6.45) is 3.53. The maximum atomic E-state index is 10.8.